The van der Waals surface area contributed by atoms with Crippen LogP contribution in [0.25, 0.3) is 0 Å². The Morgan fingerprint density at radius 3 is 2.67 bits per heavy atom. The maximum absolute atomic E-state index is 3.85. The molecule has 1 rings (SSSR count). The van der Waals surface area contributed by atoms with Crippen molar-refractivity contribution in [1.82, 2.24) is 0 Å². The van der Waals surface area contributed by atoms with Crippen LogP contribution in [0.3, 0.4) is 0 Å². The van der Waals surface area contributed by atoms with Gasteiger partial charge in [-0.2, -0.15) is 10.9 Å². The van der Waals surface area contributed by atoms with Gasteiger partial charge in [0, 0.05) is 11.1 Å². The van der Waals surface area contributed by atoms with Crippen LogP contribution in [0.2, 0.25) is 0 Å². The van der Waals surface area contributed by atoms with Gasteiger partial charge in [0.1, 0.15) is 0 Å². The van der Waals surface area contributed by atoms with E-state index in [-0.39, 0.29) is 0 Å². The highest BCUT2D eigenvalue weighted by atomic mass is 32.1. The van der Waals surface area contributed by atoms with Crippen molar-refractivity contribution < 1.29 is 0 Å². The van der Waals surface area contributed by atoms with Crippen molar-refractivity contribution >= 4 is 27.9 Å². The van der Waals surface area contributed by atoms with Crippen LogP contribution in [0.5, 0.6) is 0 Å². The number of hydrogen-bond acceptors (Lipinski definition) is 1. The third kappa shape index (κ3) is 0.431. The highest BCUT2D eigenvalue weighted by Crippen LogP contribution is 1.87. The average molecular weight is 99.2 g/mol. The molecule has 0 amide bonds. The summed E-state index contributed by atoms with van der Waals surface area (Å²) >= 11 is 0. The first-order valence-corrected chi connectivity index (χ1v) is 2.70. The Morgan fingerprint density at radius 1 is 2.00 bits per heavy atom. The van der Waals surface area contributed by atoms with Gasteiger partial charge in [-0.25, -0.2) is 0 Å². The monoisotopic (exact) mass is 99.0 g/mol. The van der Waals surface area contributed by atoms with E-state index >= 15 is 0 Å². The predicted molar refractivity (Wildman–Crippen MR) is 33.1 cm³/mol. The molecule has 0 saturated carbocycles. The zero-order chi connectivity index (χ0) is 4.41. The molecule has 0 radical (unpaired) electrons. The van der Waals surface area contributed by atoms with Gasteiger partial charge in [0.05, 0.1) is 6.54 Å². The number of rotatable bonds is 0. The van der Waals surface area contributed by atoms with Crippen LogP contribution in [0, 0.1) is 0 Å². The van der Waals surface area contributed by atoms with Gasteiger partial charge < -0.3 is 0 Å². The zero-order valence-electron chi connectivity index (χ0n) is 3.35. The van der Waals surface area contributed by atoms with E-state index in [0.29, 0.717) is 0 Å². The minimum Gasteiger partial charge on any atom is -0.286 e. The smallest absolute Gasteiger partial charge is 0.0748 e. The van der Waals surface area contributed by atoms with E-state index in [4.69, 9.17) is 0 Å². The molecule has 1 nitrogen and oxygen atoms in total. The highest BCUT2D eigenvalue weighted by Gasteiger charge is 1.95. The van der Waals surface area contributed by atoms with Crippen molar-refractivity contribution in [2.24, 2.45) is 4.99 Å². The molecule has 1 aliphatic rings. The quantitative estimate of drug-likeness (QED) is 0.390. The molecule has 0 aliphatic carbocycles. The van der Waals surface area contributed by atoms with Gasteiger partial charge in [-0.3, -0.25) is 4.99 Å². The lowest BCUT2D eigenvalue weighted by molar-refractivity contribution is 1.31. The minimum absolute atomic E-state index is 0.897. The molecule has 0 spiro atoms. The van der Waals surface area contributed by atoms with E-state index in [1.54, 1.807) is 0 Å². The minimum atomic E-state index is 0.897. The molecule has 0 bridgehead atoms. The fourth-order valence-electron chi connectivity index (χ4n) is 0.249. The van der Waals surface area contributed by atoms with Gasteiger partial charge in [0.2, 0.25) is 0 Å². The summed E-state index contributed by atoms with van der Waals surface area (Å²) in [6.07, 6.45) is 1.84. The summed E-state index contributed by atoms with van der Waals surface area (Å²) < 4.78 is 0. The fourth-order valence-corrected chi connectivity index (χ4v) is 0.564. The highest BCUT2D eigenvalue weighted by molar-refractivity contribution is 7.97. The van der Waals surface area contributed by atoms with E-state index < -0.39 is 0 Å². The zero-order valence-corrected chi connectivity index (χ0v) is 4.16. The molecule has 0 saturated heterocycles. The van der Waals surface area contributed by atoms with Crippen molar-refractivity contribution in [2.75, 3.05) is 6.54 Å². The lowest BCUT2D eigenvalue weighted by Crippen LogP contribution is -2.11. The maximum Gasteiger partial charge on any atom is 0.0748 e. The normalized spacial score (nSPS) is 17.0. The van der Waals surface area contributed by atoms with Gasteiger partial charge in [-0.1, -0.05) is 0 Å². The lowest BCUT2D eigenvalue weighted by atomic mass is 10.4. The molecule has 0 unspecified atom stereocenters. The van der Waals surface area contributed by atoms with Gasteiger partial charge in [0.25, 0.3) is 0 Å². The first-order chi connectivity index (χ1) is 2.93. The Bertz CT molecular complexity index is 130. The number of aliphatic imine (C=N–C) groups is 1. The second-order valence-corrected chi connectivity index (χ2v) is 1.89. The van der Waals surface area contributed by atoms with Crippen LogP contribution in [-0.4, -0.2) is 23.5 Å². The van der Waals surface area contributed by atoms with Gasteiger partial charge >= 0.3 is 0 Å². The van der Waals surface area contributed by atoms with E-state index in [9.17, 15) is 0 Å². The second-order valence-electron chi connectivity index (χ2n) is 1.08. The average Bonchev–Trinajstić information content (AvgIpc) is 1.31. The molecule has 1 heterocycles. The Morgan fingerprint density at radius 2 is 2.67 bits per heavy atom. The van der Waals surface area contributed by atoms with Crippen LogP contribution in [0.4, 0.5) is 0 Å². The summed E-state index contributed by atoms with van der Waals surface area (Å²) in [4.78, 5) is 5.13. The van der Waals surface area contributed by atoms with Crippen molar-refractivity contribution in [2.45, 2.75) is 0 Å². The van der Waals surface area contributed by atoms with Crippen molar-refractivity contribution in [1.29, 1.82) is 0 Å². The molecular weight excluding hydrogens is 94.1 g/mol. The van der Waals surface area contributed by atoms with Gasteiger partial charge in [-0.05, 0) is 5.87 Å². The molecule has 0 aromatic heterocycles. The summed E-state index contributed by atoms with van der Waals surface area (Å²) in [7, 11) is 1.53. The molecule has 6 heavy (non-hydrogen) atoms. The van der Waals surface area contributed by atoms with E-state index in [0.717, 1.165) is 6.54 Å². The Hall–Kier alpha value is -0.370. The standard InChI is InChI=1S/C4H5NS/c1-6-4-2-5-3-4/h2H,1,3H2. The molecule has 2 heteroatoms. The Kier molecular flexibility index (Phi) is 0.881. The summed E-state index contributed by atoms with van der Waals surface area (Å²) in [5.74, 6) is 3.60. The van der Waals surface area contributed by atoms with Crippen LogP contribution < -0.4 is 0 Å². The van der Waals surface area contributed by atoms with E-state index in [1.807, 2.05) is 6.21 Å². The first-order valence-electron chi connectivity index (χ1n) is 1.71. The third-order valence-corrected chi connectivity index (χ3v) is 1.27. The van der Waals surface area contributed by atoms with Crippen LogP contribution >= 0.6 is 10.9 Å². The molecule has 0 fully saturated rings. The molecule has 1 aliphatic heterocycles. The van der Waals surface area contributed by atoms with Crippen LogP contribution in [0.1, 0.15) is 0 Å². The van der Waals surface area contributed by atoms with Crippen LogP contribution in [-0.2, 0) is 0 Å². The Balaban J connectivity index is 2.86. The molecule has 0 atom stereocenters. The third-order valence-electron chi connectivity index (χ3n) is 0.668. The van der Waals surface area contributed by atoms with Crippen molar-refractivity contribution in [3.8, 4) is 0 Å². The largest absolute Gasteiger partial charge is 0.286 e. The maximum atomic E-state index is 3.85. The van der Waals surface area contributed by atoms with Crippen molar-refractivity contribution in [3.05, 3.63) is 0 Å². The summed E-state index contributed by atoms with van der Waals surface area (Å²) in [6.45, 7) is 0.897. The lowest BCUT2D eigenvalue weighted by Gasteiger charge is -1.98. The molecule has 0 aromatic carbocycles. The predicted octanol–water partition coefficient (Wildman–Crippen LogP) is 0.408. The summed E-state index contributed by atoms with van der Waals surface area (Å²) in [5.41, 5.74) is 0. The Labute approximate surface area is 40.3 Å². The van der Waals surface area contributed by atoms with Gasteiger partial charge in [-0.15, -0.1) is 0 Å². The SMILES string of the molecule is C=S=C1C=NC1. The van der Waals surface area contributed by atoms with E-state index in [1.165, 1.54) is 15.8 Å². The summed E-state index contributed by atoms with van der Waals surface area (Å²) in [5, 5.41) is 0. The number of hydrogen-bond donors (Lipinski definition) is 0. The molecule has 0 aromatic rings. The first kappa shape index (κ1) is 3.81. The molecular formula is C4H5NS. The molecule has 0 N–H and O–H groups in total. The molecule has 32 valence electrons. The fraction of sp³-hybridized carbons (Fsp3) is 0.250. The summed E-state index contributed by atoms with van der Waals surface area (Å²) in [6, 6.07) is 0. The van der Waals surface area contributed by atoms with Gasteiger partial charge in [0.15, 0.2) is 0 Å². The van der Waals surface area contributed by atoms with Crippen LogP contribution in [0.15, 0.2) is 4.99 Å². The van der Waals surface area contributed by atoms with E-state index in [2.05, 4.69) is 10.9 Å². The topological polar surface area (TPSA) is 12.4 Å². The number of nitrogens with zero attached hydrogens (tertiary/aromatic N) is 1. The van der Waals surface area contributed by atoms with Crippen molar-refractivity contribution in [3.63, 3.8) is 0 Å². The second kappa shape index (κ2) is 1.39.